The second-order valence-electron chi connectivity index (χ2n) is 8.51. The largest absolute Gasteiger partial charge is 0.462 e. The third-order valence-corrected chi connectivity index (χ3v) is 6.27. The molecule has 0 spiro atoms. The van der Waals surface area contributed by atoms with Crippen molar-refractivity contribution in [2.75, 3.05) is 13.7 Å². The number of oxime groups is 1. The number of benzene rings is 2. The third kappa shape index (κ3) is 5.36. The molecule has 2 aliphatic rings. The molecule has 0 bridgehead atoms. The number of nitrogens with zero attached hydrogens (tertiary/aromatic N) is 2. The molecule has 1 unspecified atom stereocenters. The number of esters is 1. The molecule has 168 valence electrons. The Balaban J connectivity index is 1.42. The molecule has 4 rings (SSSR count). The monoisotopic (exact) mass is 434 g/mol. The Morgan fingerprint density at radius 3 is 2.38 bits per heavy atom. The van der Waals surface area contributed by atoms with E-state index in [1.54, 1.807) is 4.90 Å². The van der Waals surface area contributed by atoms with Crippen molar-refractivity contribution in [2.24, 2.45) is 5.16 Å². The molecule has 0 N–H and O–H groups in total. The van der Waals surface area contributed by atoms with Gasteiger partial charge in [0.05, 0.1) is 12.3 Å². The van der Waals surface area contributed by atoms with Crippen LogP contribution in [0.1, 0.15) is 55.3 Å². The standard InChI is InChI=1S/C26H30N2O4/c1-31-27-22-17-23(15-16-25(29)32-24-9-5-6-10-24)28(18-22)26(30)21-13-11-20(12-14-21)19-7-3-2-4-8-19/h2-4,7-8,11-14,23-24H,5-6,9-10,15-18H2,1H3/b27-22+. The van der Waals surface area contributed by atoms with Gasteiger partial charge in [-0.1, -0.05) is 47.6 Å². The van der Waals surface area contributed by atoms with Gasteiger partial charge >= 0.3 is 5.97 Å². The van der Waals surface area contributed by atoms with Crippen LogP contribution in [0.25, 0.3) is 11.1 Å². The lowest BCUT2D eigenvalue weighted by atomic mass is 10.0. The number of carbonyl (C=O) groups excluding carboxylic acids is 2. The molecule has 1 aliphatic carbocycles. The first kappa shape index (κ1) is 22.1. The average molecular weight is 435 g/mol. The molecule has 1 aliphatic heterocycles. The predicted molar refractivity (Wildman–Crippen MR) is 123 cm³/mol. The van der Waals surface area contributed by atoms with Gasteiger partial charge in [-0.15, -0.1) is 0 Å². The van der Waals surface area contributed by atoms with Gasteiger partial charge in [0.25, 0.3) is 5.91 Å². The zero-order valence-corrected chi connectivity index (χ0v) is 18.5. The van der Waals surface area contributed by atoms with E-state index in [1.165, 1.54) is 7.11 Å². The van der Waals surface area contributed by atoms with Crippen molar-refractivity contribution < 1.29 is 19.2 Å². The summed E-state index contributed by atoms with van der Waals surface area (Å²) in [6.07, 6.45) is 5.72. The van der Waals surface area contributed by atoms with Gasteiger partial charge in [-0.2, -0.15) is 0 Å². The van der Waals surface area contributed by atoms with Crippen molar-refractivity contribution in [3.63, 3.8) is 0 Å². The van der Waals surface area contributed by atoms with Crippen LogP contribution in [0.2, 0.25) is 0 Å². The summed E-state index contributed by atoms with van der Waals surface area (Å²) in [5.41, 5.74) is 3.62. The van der Waals surface area contributed by atoms with Crippen molar-refractivity contribution >= 4 is 17.6 Å². The number of hydrogen-bond donors (Lipinski definition) is 0. The van der Waals surface area contributed by atoms with Gasteiger partial charge in [-0.05, 0) is 55.4 Å². The van der Waals surface area contributed by atoms with Gasteiger partial charge in [0.2, 0.25) is 0 Å². The van der Waals surface area contributed by atoms with Crippen LogP contribution in [0.5, 0.6) is 0 Å². The maximum atomic E-state index is 13.3. The van der Waals surface area contributed by atoms with Gasteiger partial charge in [-0.3, -0.25) is 9.59 Å². The number of ether oxygens (including phenoxy) is 1. The zero-order chi connectivity index (χ0) is 22.3. The van der Waals surface area contributed by atoms with Crippen LogP contribution in [-0.2, 0) is 14.4 Å². The highest BCUT2D eigenvalue weighted by molar-refractivity contribution is 6.00. The molecule has 0 aromatic heterocycles. The molecule has 1 heterocycles. The van der Waals surface area contributed by atoms with Crippen LogP contribution in [0.15, 0.2) is 59.8 Å². The summed E-state index contributed by atoms with van der Waals surface area (Å²) in [6.45, 7) is 0.412. The van der Waals surface area contributed by atoms with Crippen LogP contribution in [0.4, 0.5) is 0 Å². The molecule has 1 saturated carbocycles. The molecule has 0 radical (unpaired) electrons. The molecule has 2 aromatic rings. The topological polar surface area (TPSA) is 68.2 Å². The minimum atomic E-state index is -0.173. The maximum absolute atomic E-state index is 13.3. The van der Waals surface area contributed by atoms with E-state index in [4.69, 9.17) is 9.57 Å². The number of amides is 1. The van der Waals surface area contributed by atoms with Gasteiger partial charge in [0, 0.05) is 24.4 Å². The second kappa shape index (κ2) is 10.4. The molecule has 6 nitrogen and oxygen atoms in total. The van der Waals surface area contributed by atoms with Crippen LogP contribution in [0, 0.1) is 0 Å². The van der Waals surface area contributed by atoms with E-state index in [0.29, 0.717) is 31.4 Å². The van der Waals surface area contributed by atoms with E-state index in [-0.39, 0.29) is 24.0 Å². The molecular weight excluding hydrogens is 404 g/mol. The molecule has 1 atom stereocenters. The Hall–Kier alpha value is -3.15. The minimum Gasteiger partial charge on any atom is -0.462 e. The second-order valence-corrected chi connectivity index (χ2v) is 8.51. The Kier molecular flexibility index (Phi) is 7.20. The summed E-state index contributed by atoms with van der Waals surface area (Å²) >= 11 is 0. The predicted octanol–water partition coefficient (Wildman–Crippen LogP) is 4.84. The SMILES string of the molecule is CO/N=C1\CC(CCC(=O)OC2CCCC2)N(C(=O)c2ccc(-c3ccccc3)cc2)C1. The fourth-order valence-electron chi connectivity index (χ4n) is 4.60. The van der Waals surface area contributed by atoms with Crippen LogP contribution in [-0.4, -0.2) is 48.3 Å². The van der Waals surface area contributed by atoms with Crippen molar-refractivity contribution in [3.8, 4) is 11.1 Å². The average Bonchev–Trinajstić information content (AvgIpc) is 3.48. The molecule has 32 heavy (non-hydrogen) atoms. The molecule has 2 aromatic carbocycles. The highest BCUT2D eigenvalue weighted by Gasteiger charge is 2.34. The molecule has 1 saturated heterocycles. The fraction of sp³-hybridized carbons (Fsp3) is 0.423. The smallest absolute Gasteiger partial charge is 0.306 e. The van der Waals surface area contributed by atoms with Crippen LogP contribution < -0.4 is 0 Å². The lowest BCUT2D eigenvalue weighted by Crippen LogP contribution is -2.36. The maximum Gasteiger partial charge on any atom is 0.306 e. The Morgan fingerprint density at radius 1 is 1.00 bits per heavy atom. The summed E-state index contributed by atoms with van der Waals surface area (Å²) < 4.78 is 5.58. The molecule has 2 fully saturated rings. The summed E-state index contributed by atoms with van der Waals surface area (Å²) in [7, 11) is 1.51. The first-order chi connectivity index (χ1) is 15.6. The summed E-state index contributed by atoms with van der Waals surface area (Å²) in [5.74, 6) is -0.228. The highest BCUT2D eigenvalue weighted by Crippen LogP contribution is 2.26. The normalized spacial score (nSPS) is 20.0. The number of likely N-dealkylation sites (tertiary alicyclic amines) is 1. The van der Waals surface area contributed by atoms with Crippen LogP contribution in [0.3, 0.4) is 0 Å². The van der Waals surface area contributed by atoms with Gasteiger partial charge in [0.15, 0.2) is 0 Å². The van der Waals surface area contributed by atoms with Gasteiger partial charge < -0.3 is 14.5 Å². The molecule has 1 amide bonds. The lowest BCUT2D eigenvalue weighted by molar-refractivity contribution is -0.149. The van der Waals surface area contributed by atoms with E-state index in [9.17, 15) is 9.59 Å². The first-order valence-electron chi connectivity index (χ1n) is 11.4. The number of hydrogen-bond acceptors (Lipinski definition) is 5. The van der Waals surface area contributed by atoms with E-state index >= 15 is 0 Å². The molecular formula is C26H30N2O4. The van der Waals surface area contributed by atoms with Crippen molar-refractivity contribution in [2.45, 2.75) is 57.1 Å². The Morgan fingerprint density at radius 2 is 1.69 bits per heavy atom. The number of rotatable bonds is 7. The van der Waals surface area contributed by atoms with Crippen LogP contribution >= 0.6 is 0 Å². The van der Waals surface area contributed by atoms with E-state index in [0.717, 1.165) is 42.5 Å². The minimum absolute atomic E-state index is 0.0555. The Labute approximate surface area is 189 Å². The summed E-state index contributed by atoms with van der Waals surface area (Å²) in [4.78, 5) is 32.3. The molecule has 6 heteroatoms. The number of carbonyl (C=O) groups is 2. The lowest BCUT2D eigenvalue weighted by Gasteiger charge is -2.24. The summed E-state index contributed by atoms with van der Waals surface area (Å²) in [6, 6.07) is 17.6. The van der Waals surface area contributed by atoms with Crippen molar-refractivity contribution in [3.05, 3.63) is 60.2 Å². The Bertz CT molecular complexity index is 950. The van der Waals surface area contributed by atoms with Crippen molar-refractivity contribution in [1.29, 1.82) is 0 Å². The quantitative estimate of drug-likeness (QED) is 0.462. The highest BCUT2D eigenvalue weighted by atomic mass is 16.6. The fourth-order valence-corrected chi connectivity index (χ4v) is 4.60. The van der Waals surface area contributed by atoms with Gasteiger partial charge in [0.1, 0.15) is 13.2 Å². The summed E-state index contributed by atoms with van der Waals surface area (Å²) in [5, 5.41) is 4.07. The third-order valence-electron chi connectivity index (χ3n) is 6.27. The van der Waals surface area contributed by atoms with Crippen molar-refractivity contribution in [1.82, 2.24) is 4.90 Å². The zero-order valence-electron chi connectivity index (χ0n) is 18.5. The first-order valence-corrected chi connectivity index (χ1v) is 11.4. The van der Waals surface area contributed by atoms with E-state index in [1.807, 2.05) is 54.6 Å². The van der Waals surface area contributed by atoms with E-state index < -0.39 is 0 Å². The van der Waals surface area contributed by atoms with Gasteiger partial charge in [-0.25, -0.2) is 0 Å². The van der Waals surface area contributed by atoms with E-state index in [2.05, 4.69) is 5.16 Å².